The van der Waals surface area contributed by atoms with Gasteiger partial charge < -0.3 is 5.32 Å². The molecule has 17 heavy (non-hydrogen) atoms. The molecule has 8 nitrogen and oxygen atoms in total. The number of rotatable bonds is 5. The lowest BCUT2D eigenvalue weighted by atomic mass is 10.1. The number of hydrogen-bond acceptors (Lipinski definition) is 6. The number of H-pyrrole nitrogens is 1. The van der Waals surface area contributed by atoms with Crippen LogP contribution < -0.4 is 10.0 Å². The number of aromatic amines is 1. The van der Waals surface area contributed by atoms with Crippen molar-refractivity contribution in [2.45, 2.75) is 31.8 Å². The molecule has 0 bridgehead atoms. The van der Waals surface area contributed by atoms with E-state index >= 15 is 0 Å². The highest BCUT2D eigenvalue weighted by atomic mass is 32.2. The van der Waals surface area contributed by atoms with Gasteiger partial charge in [-0.1, -0.05) is 11.6 Å². The minimum atomic E-state index is -3.29. The monoisotopic (exact) mass is 260 g/mol. The van der Waals surface area contributed by atoms with Crippen LogP contribution in [0, 0.1) is 0 Å². The molecule has 1 aliphatic heterocycles. The van der Waals surface area contributed by atoms with E-state index in [1.165, 1.54) is 0 Å². The Kier molecular flexibility index (Phi) is 4.02. The quantitative estimate of drug-likeness (QED) is 0.610. The van der Waals surface area contributed by atoms with Gasteiger partial charge in [0.2, 0.25) is 10.0 Å². The number of aromatic nitrogens is 4. The molecule has 0 aliphatic carbocycles. The van der Waals surface area contributed by atoms with Crippen molar-refractivity contribution in [3.63, 3.8) is 0 Å². The molecule has 2 rings (SSSR count). The van der Waals surface area contributed by atoms with Gasteiger partial charge in [-0.3, -0.25) is 0 Å². The Morgan fingerprint density at radius 1 is 1.41 bits per heavy atom. The zero-order valence-corrected chi connectivity index (χ0v) is 10.2. The fourth-order valence-electron chi connectivity index (χ4n) is 1.82. The van der Waals surface area contributed by atoms with Crippen LogP contribution in [0.4, 0.5) is 0 Å². The first kappa shape index (κ1) is 12.4. The minimum Gasteiger partial charge on any atom is -0.313 e. The summed E-state index contributed by atoms with van der Waals surface area (Å²) in [5.74, 6) is 0.440. The second-order valence-electron chi connectivity index (χ2n) is 4.08. The summed E-state index contributed by atoms with van der Waals surface area (Å²) in [4.78, 5) is 0. The number of nitrogens with zero attached hydrogens (tertiary/aromatic N) is 3. The average Bonchev–Trinajstić information content (AvgIpc) is 2.80. The van der Waals surface area contributed by atoms with Gasteiger partial charge in [0.05, 0.1) is 12.3 Å². The Bertz CT molecular complexity index is 425. The molecular formula is C8H16N6O2S. The molecule has 0 amide bonds. The first-order valence-corrected chi connectivity index (χ1v) is 7.24. The molecule has 0 aromatic carbocycles. The Labute approximate surface area is 99.6 Å². The lowest BCUT2D eigenvalue weighted by Gasteiger charge is -2.23. The molecule has 0 radical (unpaired) electrons. The average molecular weight is 260 g/mol. The van der Waals surface area contributed by atoms with Gasteiger partial charge in [0, 0.05) is 6.04 Å². The van der Waals surface area contributed by atoms with Gasteiger partial charge in [-0.15, -0.1) is 10.2 Å². The number of hydrogen-bond donors (Lipinski definition) is 3. The maximum atomic E-state index is 11.8. The molecule has 96 valence electrons. The zero-order chi connectivity index (χ0) is 12.1. The van der Waals surface area contributed by atoms with Crippen molar-refractivity contribution in [1.29, 1.82) is 0 Å². The predicted molar refractivity (Wildman–Crippen MR) is 60.4 cm³/mol. The molecule has 1 aromatic heterocycles. The number of tetrazole rings is 1. The summed E-state index contributed by atoms with van der Waals surface area (Å²) in [5.41, 5.74) is 0. The summed E-state index contributed by atoms with van der Waals surface area (Å²) in [6.07, 6.45) is 3.11. The standard InChI is InChI=1S/C8H16N6O2S/c15-17(16,6-7-3-1-2-4-9-7)10-5-8-11-13-14-12-8/h7,9-10H,1-6H2,(H,11,12,13,14). The summed E-state index contributed by atoms with van der Waals surface area (Å²) in [7, 11) is -3.29. The van der Waals surface area contributed by atoms with Crippen molar-refractivity contribution >= 4 is 10.0 Å². The van der Waals surface area contributed by atoms with E-state index in [1.807, 2.05) is 0 Å². The van der Waals surface area contributed by atoms with Gasteiger partial charge in [0.15, 0.2) is 5.82 Å². The summed E-state index contributed by atoms with van der Waals surface area (Å²) in [6, 6.07) is 0.0477. The fourth-order valence-corrected chi connectivity index (χ4v) is 3.10. The van der Waals surface area contributed by atoms with Gasteiger partial charge in [-0.2, -0.15) is 5.21 Å². The van der Waals surface area contributed by atoms with Crippen LogP contribution in [0.2, 0.25) is 0 Å². The normalized spacial score (nSPS) is 21.5. The highest BCUT2D eigenvalue weighted by Crippen LogP contribution is 2.08. The van der Waals surface area contributed by atoms with Crippen LogP contribution in [0.25, 0.3) is 0 Å². The molecule has 2 heterocycles. The van der Waals surface area contributed by atoms with E-state index in [2.05, 4.69) is 30.7 Å². The van der Waals surface area contributed by atoms with E-state index in [4.69, 9.17) is 0 Å². The first-order chi connectivity index (χ1) is 8.16. The third kappa shape index (κ3) is 4.02. The molecule has 1 fully saturated rings. The van der Waals surface area contributed by atoms with E-state index in [0.29, 0.717) is 5.82 Å². The molecule has 3 N–H and O–H groups in total. The van der Waals surface area contributed by atoms with Crippen LogP contribution >= 0.6 is 0 Å². The zero-order valence-electron chi connectivity index (χ0n) is 9.39. The topological polar surface area (TPSA) is 113 Å². The minimum absolute atomic E-state index is 0.0477. The molecule has 1 atom stereocenters. The van der Waals surface area contributed by atoms with E-state index in [-0.39, 0.29) is 18.3 Å². The molecule has 1 saturated heterocycles. The molecule has 1 aliphatic rings. The second-order valence-corrected chi connectivity index (χ2v) is 5.93. The SMILES string of the molecule is O=S(=O)(CC1CCCCN1)NCc1nn[nH]n1. The number of nitrogens with one attached hydrogen (secondary N) is 3. The number of piperidine rings is 1. The Balaban J connectivity index is 1.81. The van der Waals surface area contributed by atoms with Crippen molar-refractivity contribution in [2.75, 3.05) is 12.3 Å². The summed E-state index contributed by atoms with van der Waals surface area (Å²) >= 11 is 0. The van der Waals surface area contributed by atoms with Crippen LogP contribution in [-0.2, 0) is 16.6 Å². The van der Waals surface area contributed by atoms with E-state index < -0.39 is 10.0 Å². The van der Waals surface area contributed by atoms with Gasteiger partial charge >= 0.3 is 0 Å². The van der Waals surface area contributed by atoms with Gasteiger partial charge in [0.1, 0.15) is 0 Å². The first-order valence-electron chi connectivity index (χ1n) is 5.59. The van der Waals surface area contributed by atoms with E-state index in [9.17, 15) is 8.42 Å². The predicted octanol–water partition coefficient (Wildman–Crippen LogP) is -1.24. The van der Waals surface area contributed by atoms with Crippen LogP contribution in [0.1, 0.15) is 25.1 Å². The fraction of sp³-hybridized carbons (Fsp3) is 0.875. The Morgan fingerprint density at radius 2 is 2.29 bits per heavy atom. The maximum absolute atomic E-state index is 11.8. The van der Waals surface area contributed by atoms with Crippen LogP contribution in [0.15, 0.2) is 0 Å². The van der Waals surface area contributed by atoms with E-state index in [1.54, 1.807) is 0 Å². The van der Waals surface area contributed by atoms with Crippen molar-refractivity contribution in [2.24, 2.45) is 0 Å². The lowest BCUT2D eigenvalue weighted by Crippen LogP contribution is -2.42. The molecule has 0 saturated carbocycles. The smallest absolute Gasteiger partial charge is 0.213 e. The van der Waals surface area contributed by atoms with Gasteiger partial charge in [-0.05, 0) is 19.4 Å². The molecule has 1 unspecified atom stereocenters. The largest absolute Gasteiger partial charge is 0.313 e. The summed E-state index contributed by atoms with van der Waals surface area (Å²) in [5, 5.41) is 16.2. The lowest BCUT2D eigenvalue weighted by molar-refractivity contribution is 0.422. The summed E-state index contributed by atoms with van der Waals surface area (Å²) in [6.45, 7) is 0.969. The van der Waals surface area contributed by atoms with Gasteiger partial charge in [0.25, 0.3) is 0 Å². The van der Waals surface area contributed by atoms with Crippen LogP contribution in [0.3, 0.4) is 0 Å². The highest BCUT2D eigenvalue weighted by molar-refractivity contribution is 7.89. The van der Waals surface area contributed by atoms with Crippen LogP contribution in [-0.4, -0.2) is 47.4 Å². The Hall–Kier alpha value is -1.06. The molecular weight excluding hydrogens is 244 g/mol. The Morgan fingerprint density at radius 3 is 2.94 bits per heavy atom. The van der Waals surface area contributed by atoms with Crippen molar-refractivity contribution in [1.82, 2.24) is 30.7 Å². The van der Waals surface area contributed by atoms with Crippen molar-refractivity contribution < 1.29 is 8.42 Å². The van der Waals surface area contributed by atoms with Crippen molar-refractivity contribution in [3.05, 3.63) is 5.82 Å². The van der Waals surface area contributed by atoms with Gasteiger partial charge in [-0.25, -0.2) is 13.1 Å². The number of sulfonamides is 1. The van der Waals surface area contributed by atoms with Crippen molar-refractivity contribution in [3.8, 4) is 0 Å². The molecule has 9 heteroatoms. The third-order valence-corrected chi connectivity index (χ3v) is 4.10. The summed E-state index contributed by atoms with van der Waals surface area (Å²) < 4.78 is 26.0. The second kappa shape index (κ2) is 5.52. The van der Waals surface area contributed by atoms with E-state index in [0.717, 1.165) is 25.8 Å². The maximum Gasteiger partial charge on any atom is 0.213 e. The highest BCUT2D eigenvalue weighted by Gasteiger charge is 2.20. The third-order valence-electron chi connectivity index (χ3n) is 2.67. The molecule has 0 spiro atoms. The molecule has 1 aromatic rings. The van der Waals surface area contributed by atoms with Crippen LogP contribution in [0.5, 0.6) is 0 Å².